The predicted octanol–water partition coefficient (Wildman–Crippen LogP) is 1.66. The Morgan fingerprint density at radius 2 is 1.82 bits per heavy atom. The van der Waals surface area contributed by atoms with Crippen molar-refractivity contribution in [3.05, 3.63) is 78.8 Å². The van der Waals surface area contributed by atoms with Gasteiger partial charge in [0.15, 0.2) is 0 Å². The Hall–Kier alpha value is -3.62. The molecule has 2 aromatic heterocycles. The number of ether oxygens (including phenoxy) is 1. The number of aromatic amines is 2. The third-order valence-electron chi connectivity index (χ3n) is 3.60. The number of alkyl carbamates (subject to hydrolysis) is 1. The van der Waals surface area contributed by atoms with E-state index in [-0.39, 0.29) is 30.7 Å². The molecule has 0 fully saturated rings. The molecule has 3 N–H and O–H groups in total. The molecule has 0 radical (unpaired) electrons. The van der Waals surface area contributed by atoms with E-state index in [4.69, 9.17) is 9.15 Å². The number of nitrogens with one attached hydrogen (secondary N) is 3. The van der Waals surface area contributed by atoms with Crippen molar-refractivity contribution in [2.45, 2.75) is 26.9 Å². The van der Waals surface area contributed by atoms with Crippen LogP contribution in [0, 0.1) is 0 Å². The highest BCUT2D eigenvalue weighted by Crippen LogP contribution is 2.09. The lowest BCUT2D eigenvalue weighted by Gasteiger charge is -2.08. The minimum Gasteiger partial charge on any atom is -0.445 e. The lowest BCUT2D eigenvalue weighted by atomic mass is 10.1. The molecule has 1 amide bonds. The van der Waals surface area contributed by atoms with Crippen LogP contribution >= 0.6 is 0 Å². The summed E-state index contributed by atoms with van der Waals surface area (Å²) < 4.78 is 9.91. The van der Waals surface area contributed by atoms with E-state index in [1.807, 2.05) is 44.2 Å². The van der Waals surface area contributed by atoms with Gasteiger partial charge in [-0.25, -0.2) is 14.4 Å². The van der Waals surface area contributed by atoms with E-state index in [1.54, 1.807) is 0 Å². The van der Waals surface area contributed by atoms with E-state index in [0.29, 0.717) is 5.56 Å². The molecule has 0 bridgehead atoms. The third-order valence-corrected chi connectivity index (χ3v) is 3.60. The molecule has 28 heavy (non-hydrogen) atoms. The number of carbonyl (C=O) groups is 1. The second-order valence-corrected chi connectivity index (χ2v) is 5.44. The van der Waals surface area contributed by atoms with Crippen molar-refractivity contribution in [3.8, 4) is 0 Å². The first-order chi connectivity index (χ1) is 13.5. The Balaban J connectivity index is 0.00000136. The van der Waals surface area contributed by atoms with Gasteiger partial charge in [-0.15, -0.1) is 0 Å². The standard InChI is InChI=1S/C17H15N3O6.C2H6/c21-12-8-11(13-14(22)19-16(23)20-15(13)26-12)6-7-18-17(24)25-9-10-4-2-1-3-5-10;1-2/h1-5,8H,6-7,9H2,(H,18,24)(H2,19,20,22,23);1-2H3. The van der Waals surface area contributed by atoms with Crippen LogP contribution in [0.4, 0.5) is 4.79 Å². The van der Waals surface area contributed by atoms with Crippen molar-refractivity contribution in [2.24, 2.45) is 0 Å². The number of hydrogen-bond acceptors (Lipinski definition) is 6. The van der Waals surface area contributed by atoms with Crippen molar-refractivity contribution in [1.82, 2.24) is 15.3 Å². The topological polar surface area (TPSA) is 134 Å². The first-order valence-electron chi connectivity index (χ1n) is 8.77. The summed E-state index contributed by atoms with van der Waals surface area (Å²) in [4.78, 5) is 50.8. The summed E-state index contributed by atoms with van der Waals surface area (Å²) in [5.74, 6) is 0. The van der Waals surface area contributed by atoms with Gasteiger partial charge in [0.2, 0.25) is 5.71 Å². The molecular weight excluding hydrogens is 366 g/mol. The number of benzene rings is 1. The smallest absolute Gasteiger partial charge is 0.407 e. The van der Waals surface area contributed by atoms with Gasteiger partial charge in [0.25, 0.3) is 5.56 Å². The molecule has 0 aliphatic rings. The number of fused-ring (bicyclic) bond motifs is 1. The van der Waals surface area contributed by atoms with Crippen molar-refractivity contribution in [3.63, 3.8) is 0 Å². The fourth-order valence-electron chi connectivity index (χ4n) is 2.45. The second-order valence-electron chi connectivity index (χ2n) is 5.44. The molecule has 0 saturated heterocycles. The SMILES string of the molecule is CC.O=C(NCCc1cc(=O)oc2[nH]c(=O)[nH]c(=O)c12)OCc1ccccc1. The van der Waals surface area contributed by atoms with Gasteiger partial charge in [-0.3, -0.25) is 14.8 Å². The molecule has 3 aromatic rings. The van der Waals surface area contributed by atoms with E-state index >= 15 is 0 Å². The predicted molar refractivity (Wildman–Crippen MR) is 103 cm³/mol. The summed E-state index contributed by atoms with van der Waals surface area (Å²) in [7, 11) is 0. The zero-order valence-electron chi connectivity index (χ0n) is 15.5. The Kier molecular flexibility index (Phi) is 7.32. The highest BCUT2D eigenvalue weighted by molar-refractivity contribution is 5.75. The zero-order valence-corrected chi connectivity index (χ0v) is 15.5. The number of hydrogen-bond donors (Lipinski definition) is 3. The normalized spacial score (nSPS) is 10.1. The van der Waals surface area contributed by atoms with Crippen molar-refractivity contribution < 1.29 is 13.9 Å². The van der Waals surface area contributed by atoms with Gasteiger partial charge in [-0.2, -0.15) is 0 Å². The Labute approximate surface area is 159 Å². The first kappa shape index (κ1) is 20.7. The molecule has 0 aliphatic heterocycles. The van der Waals surface area contributed by atoms with E-state index in [0.717, 1.165) is 11.6 Å². The van der Waals surface area contributed by atoms with Crippen LogP contribution < -0.4 is 22.2 Å². The Morgan fingerprint density at radius 3 is 2.54 bits per heavy atom. The van der Waals surface area contributed by atoms with E-state index in [1.165, 1.54) is 0 Å². The second kappa shape index (κ2) is 9.91. The molecule has 9 heteroatoms. The average Bonchev–Trinajstić information content (AvgIpc) is 2.68. The van der Waals surface area contributed by atoms with Gasteiger partial charge in [0.1, 0.15) is 12.0 Å². The fraction of sp³-hybridized carbons (Fsp3) is 0.263. The average molecular weight is 387 g/mol. The van der Waals surface area contributed by atoms with Crippen LogP contribution in [-0.2, 0) is 17.8 Å². The van der Waals surface area contributed by atoms with Crippen LogP contribution in [0.3, 0.4) is 0 Å². The van der Waals surface area contributed by atoms with Gasteiger partial charge < -0.3 is 14.5 Å². The lowest BCUT2D eigenvalue weighted by Crippen LogP contribution is -2.28. The van der Waals surface area contributed by atoms with Crippen LogP contribution in [0.25, 0.3) is 11.1 Å². The maximum absolute atomic E-state index is 11.9. The third kappa shape index (κ3) is 5.44. The Morgan fingerprint density at radius 1 is 1.11 bits per heavy atom. The van der Waals surface area contributed by atoms with Crippen LogP contribution in [0.1, 0.15) is 25.0 Å². The van der Waals surface area contributed by atoms with Gasteiger partial charge in [-0.05, 0) is 17.5 Å². The number of amides is 1. The van der Waals surface area contributed by atoms with Crippen LogP contribution in [0.2, 0.25) is 0 Å². The van der Waals surface area contributed by atoms with Crippen molar-refractivity contribution in [2.75, 3.05) is 6.54 Å². The molecular formula is C19H21N3O6. The molecule has 2 heterocycles. The quantitative estimate of drug-likeness (QED) is 0.609. The maximum atomic E-state index is 11.9. The number of carbonyl (C=O) groups excluding carboxylic acids is 1. The Bertz CT molecular complexity index is 1090. The highest BCUT2D eigenvalue weighted by atomic mass is 16.5. The number of rotatable bonds is 5. The van der Waals surface area contributed by atoms with Gasteiger partial charge in [0, 0.05) is 12.6 Å². The van der Waals surface area contributed by atoms with E-state index < -0.39 is 23.0 Å². The summed E-state index contributed by atoms with van der Waals surface area (Å²) in [5.41, 5.74) is -1.16. The summed E-state index contributed by atoms with van der Waals surface area (Å²) in [5, 5.41) is 2.60. The van der Waals surface area contributed by atoms with Crippen LogP contribution in [0.15, 0.2) is 55.2 Å². The maximum Gasteiger partial charge on any atom is 0.407 e. The molecule has 0 saturated carbocycles. The highest BCUT2D eigenvalue weighted by Gasteiger charge is 2.11. The summed E-state index contributed by atoms with van der Waals surface area (Å²) in [6.45, 7) is 4.26. The molecule has 3 rings (SSSR count). The van der Waals surface area contributed by atoms with Crippen LogP contribution in [0.5, 0.6) is 0 Å². The molecule has 0 spiro atoms. The summed E-state index contributed by atoms with van der Waals surface area (Å²) in [6.07, 6.45) is -0.444. The molecule has 1 aromatic carbocycles. The minimum atomic E-state index is -0.773. The summed E-state index contributed by atoms with van der Waals surface area (Å²) >= 11 is 0. The lowest BCUT2D eigenvalue weighted by molar-refractivity contribution is 0.140. The first-order valence-corrected chi connectivity index (χ1v) is 8.77. The largest absolute Gasteiger partial charge is 0.445 e. The molecule has 0 atom stereocenters. The number of H-pyrrole nitrogens is 2. The van der Waals surface area contributed by atoms with E-state index in [2.05, 4.69) is 15.3 Å². The van der Waals surface area contributed by atoms with Gasteiger partial charge in [0.05, 0.1) is 0 Å². The molecule has 148 valence electrons. The fourth-order valence-corrected chi connectivity index (χ4v) is 2.45. The van der Waals surface area contributed by atoms with E-state index in [9.17, 15) is 19.2 Å². The monoisotopic (exact) mass is 387 g/mol. The van der Waals surface area contributed by atoms with Gasteiger partial charge >= 0.3 is 17.4 Å². The van der Waals surface area contributed by atoms with Crippen molar-refractivity contribution >= 4 is 17.2 Å². The molecule has 9 nitrogen and oxygen atoms in total. The van der Waals surface area contributed by atoms with Crippen molar-refractivity contribution in [1.29, 1.82) is 0 Å². The summed E-state index contributed by atoms with van der Waals surface area (Å²) in [6, 6.07) is 10.3. The minimum absolute atomic E-state index is 0.0589. The zero-order chi connectivity index (χ0) is 20.5. The van der Waals surface area contributed by atoms with Gasteiger partial charge in [-0.1, -0.05) is 44.2 Å². The molecule has 0 aliphatic carbocycles. The van der Waals surface area contributed by atoms with Crippen LogP contribution in [-0.4, -0.2) is 22.6 Å². The molecule has 0 unspecified atom stereocenters. The number of aromatic nitrogens is 2.